The highest BCUT2D eigenvalue weighted by molar-refractivity contribution is 5.60. The highest BCUT2D eigenvalue weighted by Crippen LogP contribution is 2.31. The van der Waals surface area contributed by atoms with Crippen LogP contribution in [0.25, 0.3) is 6.08 Å². The van der Waals surface area contributed by atoms with Crippen molar-refractivity contribution in [3.63, 3.8) is 0 Å². The van der Waals surface area contributed by atoms with E-state index in [1.165, 1.54) is 19.2 Å². The van der Waals surface area contributed by atoms with E-state index in [2.05, 4.69) is 0 Å². The van der Waals surface area contributed by atoms with Gasteiger partial charge < -0.3 is 24.4 Å². The Morgan fingerprint density at radius 2 is 1.65 bits per heavy atom. The van der Waals surface area contributed by atoms with Crippen molar-refractivity contribution in [3.05, 3.63) is 53.6 Å². The molecule has 0 heterocycles. The molecule has 2 aromatic rings. The van der Waals surface area contributed by atoms with E-state index in [9.17, 15) is 10.2 Å². The lowest BCUT2D eigenvalue weighted by Crippen LogP contribution is -1.97. The van der Waals surface area contributed by atoms with Crippen LogP contribution in [0.3, 0.4) is 0 Å². The van der Waals surface area contributed by atoms with Crippen LogP contribution in [-0.2, 0) is 0 Å². The first-order chi connectivity index (χ1) is 11.1. The van der Waals surface area contributed by atoms with Crippen LogP contribution in [-0.4, -0.2) is 31.5 Å². The second kappa shape index (κ2) is 7.56. The predicted octanol–water partition coefficient (Wildman–Crippen LogP) is 3.16. The minimum atomic E-state index is -0.877. The van der Waals surface area contributed by atoms with E-state index in [1.54, 1.807) is 38.5 Å². The summed E-state index contributed by atoms with van der Waals surface area (Å²) >= 11 is 0. The average molecular weight is 316 g/mol. The van der Waals surface area contributed by atoms with Crippen molar-refractivity contribution in [1.82, 2.24) is 0 Å². The summed E-state index contributed by atoms with van der Waals surface area (Å²) in [5.41, 5.74) is 1.37. The number of hydrogen-bond acceptors (Lipinski definition) is 5. The molecule has 0 aromatic heterocycles. The van der Waals surface area contributed by atoms with Gasteiger partial charge in [-0.05, 0) is 24.3 Å². The average Bonchev–Trinajstić information content (AvgIpc) is 2.59. The number of phenolic OH excluding ortho intramolecular Hbond substituents is 1. The summed E-state index contributed by atoms with van der Waals surface area (Å²) in [6.07, 6.45) is 2.51. The van der Waals surface area contributed by atoms with E-state index < -0.39 is 6.10 Å². The minimum Gasteiger partial charge on any atom is -0.508 e. The number of aromatic hydroxyl groups is 1. The summed E-state index contributed by atoms with van der Waals surface area (Å²) < 4.78 is 15.6. The Kier molecular flexibility index (Phi) is 5.49. The van der Waals surface area contributed by atoms with Crippen LogP contribution in [0, 0.1) is 0 Å². The van der Waals surface area contributed by atoms with Crippen LogP contribution in [0.2, 0.25) is 0 Å². The second-order valence-corrected chi connectivity index (χ2v) is 4.84. The number of benzene rings is 2. The molecule has 0 bridgehead atoms. The molecule has 2 aromatic carbocycles. The van der Waals surface area contributed by atoms with Crippen LogP contribution >= 0.6 is 0 Å². The molecular weight excluding hydrogens is 296 g/mol. The first-order valence-electron chi connectivity index (χ1n) is 7.04. The van der Waals surface area contributed by atoms with Gasteiger partial charge >= 0.3 is 0 Å². The number of rotatable bonds is 6. The highest BCUT2D eigenvalue weighted by atomic mass is 16.5. The number of methoxy groups -OCH3 is 3. The maximum atomic E-state index is 10.3. The smallest absolute Gasteiger partial charge is 0.129 e. The first-order valence-corrected chi connectivity index (χ1v) is 7.04. The highest BCUT2D eigenvalue weighted by Gasteiger charge is 2.11. The monoisotopic (exact) mass is 316 g/mol. The summed E-state index contributed by atoms with van der Waals surface area (Å²) in [7, 11) is 4.65. The van der Waals surface area contributed by atoms with Gasteiger partial charge in [-0.3, -0.25) is 0 Å². The Bertz CT molecular complexity index is 694. The fraction of sp³-hybridized carbons (Fsp3) is 0.222. The molecule has 122 valence electrons. The van der Waals surface area contributed by atoms with Crippen molar-refractivity contribution in [1.29, 1.82) is 0 Å². The lowest BCUT2D eigenvalue weighted by atomic mass is 10.1. The second-order valence-electron chi connectivity index (χ2n) is 4.84. The lowest BCUT2D eigenvalue weighted by molar-refractivity contribution is 0.223. The lowest BCUT2D eigenvalue weighted by Gasteiger charge is -2.12. The zero-order chi connectivity index (χ0) is 16.8. The summed E-state index contributed by atoms with van der Waals surface area (Å²) in [4.78, 5) is 0. The molecule has 0 spiro atoms. The Hall–Kier alpha value is -2.66. The van der Waals surface area contributed by atoms with Crippen molar-refractivity contribution < 1.29 is 24.4 Å². The van der Waals surface area contributed by atoms with Crippen LogP contribution < -0.4 is 14.2 Å². The number of hydrogen-bond donors (Lipinski definition) is 2. The fourth-order valence-corrected chi connectivity index (χ4v) is 2.20. The van der Waals surface area contributed by atoms with E-state index in [4.69, 9.17) is 14.2 Å². The maximum Gasteiger partial charge on any atom is 0.129 e. The molecule has 0 aliphatic heterocycles. The molecule has 0 fully saturated rings. The molecule has 0 aliphatic carbocycles. The van der Waals surface area contributed by atoms with Crippen molar-refractivity contribution in [2.45, 2.75) is 6.10 Å². The molecule has 0 saturated carbocycles. The van der Waals surface area contributed by atoms with E-state index in [1.807, 2.05) is 12.1 Å². The molecule has 1 atom stereocenters. The van der Waals surface area contributed by atoms with Gasteiger partial charge in [-0.25, -0.2) is 0 Å². The van der Waals surface area contributed by atoms with Gasteiger partial charge in [0.2, 0.25) is 0 Å². The van der Waals surface area contributed by atoms with Crippen molar-refractivity contribution in [2.75, 3.05) is 21.3 Å². The van der Waals surface area contributed by atoms with Gasteiger partial charge in [-0.1, -0.05) is 12.2 Å². The molecule has 0 radical (unpaired) electrons. The SMILES string of the molecule is COc1ccc(C=CC(O)c2ccc(O)cc2OC)c(OC)c1. The standard InChI is InChI=1S/C18H20O5/c1-21-14-7-4-12(17(11-14)22-2)5-9-16(20)15-8-6-13(19)10-18(15)23-3/h4-11,16,19-20H,1-3H3. The van der Waals surface area contributed by atoms with Gasteiger partial charge in [0.05, 0.1) is 21.3 Å². The number of aliphatic hydroxyl groups is 1. The molecule has 5 nitrogen and oxygen atoms in total. The molecule has 5 heteroatoms. The van der Waals surface area contributed by atoms with Crippen LogP contribution in [0.4, 0.5) is 0 Å². The summed E-state index contributed by atoms with van der Waals surface area (Å²) in [5.74, 6) is 1.84. The van der Waals surface area contributed by atoms with Gasteiger partial charge in [0, 0.05) is 23.3 Å². The van der Waals surface area contributed by atoms with Crippen molar-refractivity contribution in [3.8, 4) is 23.0 Å². The third-order valence-corrected chi connectivity index (χ3v) is 3.43. The molecule has 2 N–H and O–H groups in total. The van der Waals surface area contributed by atoms with E-state index in [0.29, 0.717) is 22.8 Å². The predicted molar refractivity (Wildman–Crippen MR) is 88.2 cm³/mol. The molecule has 0 saturated heterocycles. The molecular formula is C18H20O5. The number of ether oxygens (including phenoxy) is 3. The van der Waals surface area contributed by atoms with Gasteiger partial charge in [0.25, 0.3) is 0 Å². The van der Waals surface area contributed by atoms with Gasteiger partial charge in [-0.2, -0.15) is 0 Å². The molecule has 23 heavy (non-hydrogen) atoms. The Labute approximate surface area is 135 Å². The first kappa shape index (κ1) is 16.7. The summed E-state index contributed by atoms with van der Waals surface area (Å²) in [5, 5.41) is 19.8. The maximum absolute atomic E-state index is 10.3. The van der Waals surface area contributed by atoms with Gasteiger partial charge in [0.1, 0.15) is 29.1 Å². The topological polar surface area (TPSA) is 68.2 Å². The van der Waals surface area contributed by atoms with Gasteiger partial charge in [0.15, 0.2) is 0 Å². The van der Waals surface area contributed by atoms with E-state index >= 15 is 0 Å². The van der Waals surface area contributed by atoms with Crippen molar-refractivity contribution in [2.24, 2.45) is 0 Å². The fourth-order valence-electron chi connectivity index (χ4n) is 2.20. The Morgan fingerprint density at radius 1 is 0.913 bits per heavy atom. The zero-order valence-electron chi connectivity index (χ0n) is 13.3. The minimum absolute atomic E-state index is 0.0820. The van der Waals surface area contributed by atoms with Crippen LogP contribution in [0.15, 0.2) is 42.5 Å². The molecule has 0 aliphatic rings. The molecule has 2 rings (SSSR count). The number of aliphatic hydroxyl groups excluding tert-OH is 1. The number of phenols is 1. The summed E-state index contributed by atoms with van der Waals surface area (Å²) in [6.45, 7) is 0. The third-order valence-electron chi connectivity index (χ3n) is 3.43. The Balaban J connectivity index is 2.26. The largest absolute Gasteiger partial charge is 0.508 e. The van der Waals surface area contributed by atoms with Crippen LogP contribution in [0.5, 0.6) is 23.0 Å². The van der Waals surface area contributed by atoms with Gasteiger partial charge in [-0.15, -0.1) is 0 Å². The van der Waals surface area contributed by atoms with E-state index in [-0.39, 0.29) is 5.75 Å². The molecule has 0 amide bonds. The Morgan fingerprint density at radius 3 is 2.30 bits per heavy atom. The van der Waals surface area contributed by atoms with Crippen LogP contribution in [0.1, 0.15) is 17.2 Å². The zero-order valence-corrected chi connectivity index (χ0v) is 13.3. The normalized spacial score (nSPS) is 12.2. The molecule has 1 unspecified atom stereocenters. The third kappa shape index (κ3) is 3.96. The summed E-state index contributed by atoms with van der Waals surface area (Å²) in [6, 6.07) is 10.0. The van der Waals surface area contributed by atoms with Crippen molar-refractivity contribution >= 4 is 6.08 Å². The van der Waals surface area contributed by atoms with E-state index in [0.717, 1.165) is 5.56 Å². The quantitative estimate of drug-likeness (QED) is 0.857.